The molecule has 0 bridgehead atoms. The molecule has 2 saturated heterocycles. The molecular weight excluding hydrogens is 176 g/mol. The molecule has 0 amide bonds. The van der Waals surface area contributed by atoms with Crippen molar-refractivity contribution in [2.75, 3.05) is 39.8 Å². The largest absolute Gasteiger partial charge is 0.376 e. The van der Waals surface area contributed by atoms with E-state index >= 15 is 0 Å². The summed E-state index contributed by atoms with van der Waals surface area (Å²) in [5.74, 6) is 0. The first kappa shape index (κ1) is 10.4. The van der Waals surface area contributed by atoms with Crippen LogP contribution in [-0.4, -0.2) is 50.8 Å². The van der Waals surface area contributed by atoms with Crippen LogP contribution in [0.5, 0.6) is 0 Å². The first-order chi connectivity index (χ1) is 6.74. The highest BCUT2D eigenvalue weighted by Crippen LogP contribution is 2.37. The minimum Gasteiger partial charge on any atom is -0.376 e. The average molecular weight is 198 g/mol. The summed E-state index contributed by atoms with van der Waals surface area (Å²) in [6, 6.07) is 0. The highest BCUT2D eigenvalue weighted by atomic mass is 16.5. The molecule has 2 rings (SSSR count). The zero-order chi connectivity index (χ0) is 10.0. The third-order valence-corrected chi connectivity index (χ3v) is 3.67. The molecule has 0 aromatic heterocycles. The summed E-state index contributed by atoms with van der Waals surface area (Å²) in [6.45, 7) is 7.73. The van der Waals surface area contributed by atoms with Crippen LogP contribution >= 0.6 is 0 Å². The molecule has 0 aromatic rings. The second-order valence-electron chi connectivity index (χ2n) is 4.92. The van der Waals surface area contributed by atoms with E-state index in [1.807, 2.05) is 0 Å². The predicted octanol–water partition coefficient (Wildman–Crippen LogP) is 0.707. The van der Waals surface area contributed by atoms with Gasteiger partial charge >= 0.3 is 0 Å². The SMILES string of the molecule is CCN(C)CC1CC2(CCNC2)CO1. The second-order valence-corrected chi connectivity index (χ2v) is 4.92. The van der Waals surface area contributed by atoms with E-state index in [-0.39, 0.29) is 0 Å². The van der Waals surface area contributed by atoms with Gasteiger partial charge in [0.1, 0.15) is 0 Å². The van der Waals surface area contributed by atoms with Gasteiger partial charge in [-0.1, -0.05) is 6.92 Å². The molecule has 82 valence electrons. The van der Waals surface area contributed by atoms with Crippen molar-refractivity contribution in [3.8, 4) is 0 Å². The number of hydrogen-bond donors (Lipinski definition) is 1. The van der Waals surface area contributed by atoms with Gasteiger partial charge in [0.15, 0.2) is 0 Å². The van der Waals surface area contributed by atoms with Crippen molar-refractivity contribution in [2.45, 2.75) is 25.9 Å². The first-order valence-electron chi connectivity index (χ1n) is 5.75. The standard InChI is InChI=1S/C11H22N2O/c1-3-13(2)7-10-6-11(9-14-10)4-5-12-8-11/h10,12H,3-9H2,1-2H3. The molecule has 0 saturated carbocycles. The van der Waals surface area contributed by atoms with Crippen LogP contribution in [0, 0.1) is 5.41 Å². The topological polar surface area (TPSA) is 24.5 Å². The highest BCUT2D eigenvalue weighted by molar-refractivity contribution is 4.94. The van der Waals surface area contributed by atoms with Gasteiger partial charge in [-0.25, -0.2) is 0 Å². The number of hydrogen-bond acceptors (Lipinski definition) is 3. The molecule has 0 aliphatic carbocycles. The number of ether oxygens (including phenoxy) is 1. The minimum absolute atomic E-state index is 0.472. The molecule has 0 radical (unpaired) electrons. The van der Waals surface area contributed by atoms with Gasteiger partial charge in [0.25, 0.3) is 0 Å². The maximum absolute atomic E-state index is 5.88. The van der Waals surface area contributed by atoms with Gasteiger partial charge in [0, 0.05) is 18.5 Å². The predicted molar refractivity (Wildman–Crippen MR) is 57.4 cm³/mol. The van der Waals surface area contributed by atoms with Crippen LogP contribution in [0.2, 0.25) is 0 Å². The summed E-state index contributed by atoms with van der Waals surface area (Å²) in [4.78, 5) is 2.34. The Morgan fingerprint density at radius 2 is 2.43 bits per heavy atom. The van der Waals surface area contributed by atoms with Crippen LogP contribution in [0.4, 0.5) is 0 Å². The zero-order valence-electron chi connectivity index (χ0n) is 9.38. The fourth-order valence-electron chi connectivity index (χ4n) is 2.58. The molecule has 2 atom stereocenters. The van der Waals surface area contributed by atoms with Gasteiger partial charge in [-0.2, -0.15) is 0 Å². The lowest BCUT2D eigenvalue weighted by Gasteiger charge is -2.21. The van der Waals surface area contributed by atoms with Gasteiger partial charge in [0.2, 0.25) is 0 Å². The van der Waals surface area contributed by atoms with Crippen molar-refractivity contribution < 1.29 is 4.74 Å². The Morgan fingerprint density at radius 3 is 3.07 bits per heavy atom. The minimum atomic E-state index is 0.472. The second kappa shape index (κ2) is 4.17. The molecule has 1 N–H and O–H groups in total. The van der Waals surface area contributed by atoms with Crippen LogP contribution in [0.25, 0.3) is 0 Å². The number of nitrogens with one attached hydrogen (secondary N) is 1. The molecule has 14 heavy (non-hydrogen) atoms. The molecule has 2 heterocycles. The van der Waals surface area contributed by atoms with Crippen LogP contribution in [0.15, 0.2) is 0 Å². The van der Waals surface area contributed by atoms with E-state index in [0.29, 0.717) is 11.5 Å². The van der Waals surface area contributed by atoms with E-state index in [1.54, 1.807) is 0 Å². The Labute approximate surface area is 86.8 Å². The maximum atomic E-state index is 5.88. The molecule has 3 nitrogen and oxygen atoms in total. The van der Waals surface area contributed by atoms with E-state index in [1.165, 1.54) is 25.9 Å². The van der Waals surface area contributed by atoms with Crippen LogP contribution in [0.3, 0.4) is 0 Å². The Balaban J connectivity index is 1.82. The molecule has 2 aliphatic heterocycles. The maximum Gasteiger partial charge on any atom is 0.0708 e. The van der Waals surface area contributed by atoms with Crippen molar-refractivity contribution in [1.29, 1.82) is 0 Å². The Morgan fingerprint density at radius 1 is 1.57 bits per heavy atom. The average Bonchev–Trinajstić information content (AvgIpc) is 2.78. The summed E-state index contributed by atoms with van der Waals surface area (Å²) in [5, 5.41) is 3.45. The lowest BCUT2D eigenvalue weighted by molar-refractivity contribution is 0.0745. The summed E-state index contributed by atoms with van der Waals surface area (Å²) in [6.07, 6.45) is 3.03. The molecular formula is C11H22N2O. The summed E-state index contributed by atoms with van der Waals surface area (Å²) >= 11 is 0. The highest BCUT2D eigenvalue weighted by Gasteiger charge is 2.42. The van der Waals surface area contributed by atoms with Crippen LogP contribution < -0.4 is 5.32 Å². The van der Waals surface area contributed by atoms with Crippen LogP contribution in [-0.2, 0) is 4.74 Å². The third-order valence-electron chi connectivity index (χ3n) is 3.67. The zero-order valence-corrected chi connectivity index (χ0v) is 9.38. The number of nitrogens with zero attached hydrogens (tertiary/aromatic N) is 1. The molecule has 3 heteroatoms. The lowest BCUT2D eigenvalue weighted by atomic mass is 9.85. The van der Waals surface area contributed by atoms with E-state index in [2.05, 4.69) is 24.2 Å². The van der Waals surface area contributed by atoms with Gasteiger partial charge in [-0.3, -0.25) is 0 Å². The molecule has 2 fully saturated rings. The lowest BCUT2D eigenvalue weighted by Crippen LogP contribution is -2.30. The van der Waals surface area contributed by atoms with Crippen LogP contribution in [0.1, 0.15) is 19.8 Å². The van der Waals surface area contributed by atoms with Crippen molar-refractivity contribution in [3.63, 3.8) is 0 Å². The summed E-state index contributed by atoms with van der Waals surface area (Å²) in [5.41, 5.74) is 0.485. The van der Waals surface area contributed by atoms with Crippen molar-refractivity contribution >= 4 is 0 Å². The van der Waals surface area contributed by atoms with Gasteiger partial charge in [-0.15, -0.1) is 0 Å². The van der Waals surface area contributed by atoms with Gasteiger partial charge < -0.3 is 15.0 Å². The first-order valence-corrected chi connectivity index (χ1v) is 5.75. The number of rotatable bonds is 3. The van der Waals surface area contributed by atoms with E-state index in [4.69, 9.17) is 4.74 Å². The molecule has 2 aliphatic rings. The van der Waals surface area contributed by atoms with Gasteiger partial charge in [0.05, 0.1) is 12.7 Å². The monoisotopic (exact) mass is 198 g/mol. The van der Waals surface area contributed by atoms with Crippen molar-refractivity contribution in [1.82, 2.24) is 10.2 Å². The van der Waals surface area contributed by atoms with Crippen molar-refractivity contribution in [2.24, 2.45) is 5.41 Å². The van der Waals surface area contributed by atoms with Crippen molar-refractivity contribution in [3.05, 3.63) is 0 Å². The Bertz CT molecular complexity index is 190. The summed E-state index contributed by atoms with van der Waals surface area (Å²) < 4.78 is 5.88. The third kappa shape index (κ3) is 2.10. The van der Waals surface area contributed by atoms with E-state index in [9.17, 15) is 0 Å². The van der Waals surface area contributed by atoms with E-state index < -0.39 is 0 Å². The Kier molecular flexibility index (Phi) is 3.10. The molecule has 0 aromatic carbocycles. The smallest absolute Gasteiger partial charge is 0.0708 e. The fourth-order valence-corrected chi connectivity index (χ4v) is 2.58. The number of likely N-dealkylation sites (N-methyl/N-ethyl adjacent to an activating group) is 1. The molecule has 2 unspecified atom stereocenters. The van der Waals surface area contributed by atoms with Gasteiger partial charge in [-0.05, 0) is 33.0 Å². The fraction of sp³-hybridized carbons (Fsp3) is 1.00. The molecule has 1 spiro atoms. The summed E-state index contributed by atoms with van der Waals surface area (Å²) in [7, 11) is 2.17. The quantitative estimate of drug-likeness (QED) is 0.723. The normalized spacial score (nSPS) is 37.5. The van der Waals surface area contributed by atoms with E-state index in [0.717, 1.165) is 19.7 Å². The Hall–Kier alpha value is -0.120.